The lowest BCUT2D eigenvalue weighted by atomic mass is 10.1. The van der Waals surface area contributed by atoms with E-state index in [-0.39, 0.29) is 12.2 Å². The van der Waals surface area contributed by atoms with E-state index in [0.29, 0.717) is 19.2 Å². The third kappa shape index (κ3) is 2.78. The molecule has 2 unspecified atom stereocenters. The maximum absolute atomic E-state index is 10.6. The maximum Gasteiger partial charge on any atom is 0.508 e. The van der Waals surface area contributed by atoms with Crippen molar-refractivity contribution in [2.45, 2.75) is 31.5 Å². The summed E-state index contributed by atoms with van der Waals surface area (Å²) < 4.78 is 19.9. The van der Waals surface area contributed by atoms with E-state index >= 15 is 0 Å². The summed E-state index contributed by atoms with van der Waals surface area (Å²) >= 11 is 0. The fourth-order valence-corrected chi connectivity index (χ4v) is 1.66. The molecule has 0 aromatic rings. The lowest BCUT2D eigenvalue weighted by Crippen LogP contribution is -2.13. The highest BCUT2D eigenvalue weighted by molar-refractivity contribution is 5.61. The van der Waals surface area contributed by atoms with Gasteiger partial charge in [-0.05, 0) is 25.8 Å². The number of hydrogen-bond donors (Lipinski definition) is 0. The molecule has 0 aromatic carbocycles. The fourth-order valence-electron chi connectivity index (χ4n) is 1.66. The van der Waals surface area contributed by atoms with Gasteiger partial charge >= 0.3 is 6.16 Å². The largest absolute Gasteiger partial charge is 0.508 e. The first-order chi connectivity index (χ1) is 7.24. The van der Waals surface area contributed by atoms with Crippen molar-refractivity contribution in [1.82, 2.24) is 0 Å². The highest BCUT2D eigenvalue weighted by Crippen LogP contribution is 2.20. The van der Waals surface area contributed by atoms with Crippen LogP contribution in [0, 0.1) is 0 Å². The van der Waals surface area contributed by atoms with E-state index in [4.69, 9.17) is 14.2 Å². The van der Waals surface area contributed by atoms with Gasteiger partial charge in [0.15, 0.2) is 0 Å². The van der Waals surface area contributed by atoms with Crippen LogP contribution in [0.5, 0.6) is 0 Å². The van der Waals surface area contributed by atoms with Gasteiger partial charge in [0, 0.05) is 0 Å². The summed E-state index contributed by atoms with van der Waals surface area (Å²) in [7, 11) is 0. The molecule has 84 valence electrons. The van der Waals surface area contributed by atoms with E-state index in [2.05, 4.69) is 11.3 Å². The SMILES string of the molecule is C=C1OCC(CCCC2COC(=O)O2)O1. The Bertz CT molecular complexity index is 237. The molecule has 0 spiro atoms. The minimum Gasteiger partial charge on any atom is -0.462 e. The van der Waals surface area contributed by atoms with Crippen LogP contribution in [0.15, 0.2) is 12.5 Å². The van der Waals surface area contributed by atoms with Gasteiger partial charge in [0.2, 0.25) is 0 Å². The van der Waals surface area contributed by atoms with Crippen LogP contribution in [0.3, 0.4) is 0 Å². The molecule has 2 aliphatic heterocycles. The average molecular weight is 214 g/mol. The van der Waals surface area contributed by atoms with E-state index in [0.717, 1.165) is 19.3 Å². The molecule has 15 heavy (non-hydrogen) atoms. The van der Waals surface area contributed by atoms with E-state index in [1.165, 1.54) is 0 Å². The Morgan fingerprint density at radius 2 is 1.80 bits per heavy atom. The molecular weight excluding hydrogens is 200 g/mol. The summed E-state index contributed by atoms with van der Waals surface area (Å²) in [5.41, 5.74) is 0. The Kier molecular flexibility index (Phi) is 2.99. The summed E-state index contributed by atoms with van der Waals surface area (Å²) in [5.74, 6) is 0.399. The third-order valence-electron chi connectivity index (χ3n) is 2.43. The molecule has 5 heteroatoms. The van der Waals surface area contributed by atoms with Crippen molar-refractivity contribution in [3.05, 3.63) is 12.5 Å². The minimum absolute atomic E-state index is 0.0931. The molecule has 0 aromatic heterocycles. The predicted molar refractivity (Wildman–Crippen MR) is 50.0 cm³/mol. The van der Waals surface area contributed by atoms with Crippen LogP contribution in [0.4, 0.5) is 4.79 Å². The first kappa shape index (κ1) is 10.1. The first-order valence-corrected chi connectivity index (χ1v) is 5.06. The highest BCUT2D eigenvalue weighted by atomic mass is 16.8. The zero-order valence-corrected chi connectivity index (χ0v) is 8.44. The quantitative estimate of drug-likeness (QED) is 0.665. The second-order valence-electron chi connectivity index (χ2n) is 3.65. The monoisotopic (exact) mass is 214 g/mol. The standard InChI is InChI=1S/C10H14O5/c1-7-12-5-8(14-7)3-2-4-9-6-13-10(11)15-9/h8-9H,1-6H2. The van der Waals surface area contributed by atoms with Crippen molar-refractivity contribution in [3.63, 3.8) is 0 Å². The topological polar surface area (TPSA) is 54.0 Å². The summed E-state index contributed by atoms with van der Waals surface area (Å²) in [6.07, 6.45) is 2.04. The van der Waals surface area contributed by atoms with Crippen LogP contribution in [0.25, 0.3) is 0 Å². The molecule has 2 rings (SSSR count). The van der Waals surface area contributed by atoms with Crippen LogP contribution in [0.1, 0.15) is 19.3 Å². The van der Waals surface area contributed by atoms with Gasteiger partial charge in [0.05, 0.1) is 0 Å². The van der Waals surface area contributed by atoms with E-state index in [9.17, 15) is 4.79 Å². The fraction of sp³-hybridized carbons (Fsp3) is 0.700. The van der Waals surface area contributed by atoms with E-state index < -0.39 is 6.16 Å². The van der Waals surface area contributed by atoms with Crippen molar-refractivity contribution in [1.29, 1.82) is 0 Å². The molecule has 0 radical (unpaired) electrons. The second kappa shape index (κ2) is 4.42. The van der Waals surface area contributed by atoms with E-state index in [1.54, 1.807) is 0 Å². The van der Waals surface area contributed by atoms with Gasteiger partial charge in [-0.1, -0.05) is 0 Å². The number of hydrogen-bond acceptors (Lipinski definition) is 5. The number of rotatable bonds is 4. The minimum atomic E-state index is -0.561. The molecule has 0 aliphatic carbocycles. The molecule has 2 heterocycles. The van der Waals surface area contributed by atoms with Crippen molar-refractivity contribution in [2.75, 3.05) is 13.2 Å². The third-order valence-corrected chi connectivity index (χ3v) is 2.43. The Morgan fingerprint density at radius 3 is 2.33 bits per heavy atom. The number of carbonyl (C=O) groups excluding carboxylic acids is 1. The average Bonchev–Trinajstić information content (AvgIpc) is 2.76. The van der Waals surface area contributed by atoms with Crippen LogP contribution in [-0.4, -0.2) is 31.6 Å². The van der Waals surface area contributed by atoms with Gasteiger partial charge in [0.25, 0.3) is 5.95 Å². The molecule has 2 saturated heterocycles. The summed E-state index contributed by atoms with van der Waals surface area (Å²) in [4.78, 5) is 10.6. The Morgan fingerprint density at radius 1 is 1.13 bits per heavy atom. The number of cyclic esters (lactones) is 2. The summed E-state index contributed by atoms with van der Waals surface area (Å²) in [6, 6.07) is 0. The molecule has 5 nitrogen and oxygen atoms in total. The lowest BCUT2D eigenvalue weighted by Gasteiger charge is -2.08. The molecule has 2 aliphatic rings. The smallest absolute Gasteiger partial charge is 0.462 e. The normalized spacial score (nSPS) is 29.3. The van der Waals surface area contributed by atoms with Gasteiger partial charge in [-0.25, -0.2) is 4.79 Å². The number of carbonyl (C=O) groups is 1. The van der Waals surface area contributed by atoms with Gasteiger partial charge in [-0.3, -0.25) is 0 Å². The van der Waals surface area contributed by atoms with Gasteiger partial charge in [-0.15, -0.1) is 0 Å². The zero-order chi connectivity index (χ0) is 10.7. The summed E-state index contributed by atoms with van der Waals surface area (Å²) in [5, 5.41) is 0. The maximum atomic E-state index is 10.6. The van der Waals surface area contributed by atoms with Crippen LogP contribution in [0.2, 0.25) is 0 Å². The van der Waals surface area contributed by atoms with Crippen molar-refractivity contribution in [3.8, 4) is 0 Å². The van der Waals surface area contributed by atoms with Gasteiger partial charge < -0.3 is 18.9 Å². The van der Waals surface area contributed by atoms with Gasteiger partial charge in [-0.2, -0.15) is 0 Å². The Balaban J connectivity index is 1.59. The highest BCUT2D eigenvalue weighted by Gasteiger charge is 2.26. The van der Waals surface area contributed by atoms with Gasteiger partial charge in [0.1, 0.15) is 25.4 Å². The zero-order valence-electron chi connectivity index (χ0n) is 8.44. The Hall–Kier alpha value is -1.39. The molecule has 0 saturated carbocycles. The lowest BCUT2D eigenvalue weighted by molar-refractivity contribution is 0.111. The Labute approximate surface area is 87.9 Å². The van der Waals surface area contributed by atoms with Crippen LogP contribution >= 0.6 is 0 Å². The molecule has 0 amide bonds. The van der Waals surface area contributed by atoms with Crippen molar-refractivity contribution >= 4 is 6.16 Å². The number of ether oxygens (including phenoxy) is 4. The van der Waals surface area contributed by atoms with E-state index in [1.807, 2.05) is 0 Å². The van der Waals surface area contributed by atoms with Crippen LogP contribution < -0.4 is 0 Å². The predicted octanol–water partition coefficient (Wildman–Crippen LogP) is 1.58. The molecule has 0 bridgehead atoms. The molecule has 2 atom stereocenters. The molecule has 0 N–H and O–H groups in total. The van der Waals surface area contributed by atoms with Crippen molar-refractivity contribution < 1.29 is 23.7 Å². The summed E-state index contributed by atoms with van der Waals surface area (Å²) in [6.45, 7) is 4.50. The second-order valence-corrected chi connectivity index (χ2v) is 3.65. The van der Waals surface area contributed by atoms with Crippen LogP contribution in [-0.2, 0) is 18.9 Å². The molecular formula is C10H14O5. The first-order valence-electron chi connectivity index (χ1n) is 5.06. The molecule has 2 fully saturated rings. The van der Waals surface area contributed by atoms with Crippen molar-refractivity contribution in [2.24, 2.45) is 0 Å².